The molecule has 0 amide bonds. The molecule has 1 aromatic carbocycles. The number of hydrogen-bond acceptors (Lipinski definition) is 3. The maximum atomic E-state index is 4.73. The van der Waals surface area contributed by atoms with Crippen LogP contribution < -0.4 is 5.32 Å². The molecule has 0 saturated heterocycles. The van der Waals surface area contributed by atoms with Gasteiger partial charge >= 0.3 is 0 Å². The third-order valence-corrected chi connectivity index (χ3v) is 4.40. The molecular formula is C15H18N2S. The second-order valence-corrected chi connectivity index (χ2v) is 5.90. The smallest absolute Gasteiger partial charge is 0.110 e. The number of nitrogens with one attached hydrogen (secondary N) is 1. The summed E-state index contributed by atoms with van der Waals surface area (Å²) in [7, 11) is 0. The van der Waals surface area contributed by atoms with Crippen LogP contribution in [-0.4, -0.2) is 11.5 Å². The van der Waals surface area contributed by atoms with Gasteiger partial charge in [0.25, 0.3) is 0 Å². The fraction of sp³-hybridized carbons (Fsp3) is 0.400. The molecule has 1 aliphatic rings. The summed E-state index contributed by atoms with van der Waals surface area (Å²) in [4.78, 5) is 4.73. The fourth-order valence-corrected chi connectivity index (χ4v) is 2.84. The molecule has 0 bridgehead atoms. The molecule has 1 saturated carbocycles. The van der Waals surface area contributed by atoms with Gasteiger partial charge in [-0.2, -0.15) is 0 Å². The molecular weight excluding hydrogens is 240 g/mol. The van der Waals surface area contributed by atoms with Crippen LogP contribution in [0.25, 0.3) is 11.3 Å². The number of aromatic nitrogens is 1. The Morgan fingerprint density at radius 2 is 2.11 bits per heavy atom. The predicted molar refractivity (Wildman–Crippen MR) is 76.7 cm³/mol. The molecule has 0 radical (unpaired) electrons. The quantitative estimate of drug-likeness (QED) is 0.880. The standard InChI is InChI=1S/C15H18N2S/c1-11(16-9-12-7-8-12)15-17-14(10-18-15)13-5-3-2-4-6-13/h2-6,10-12,16H,7-9H2,1H3. The predicted octanol–water partition coefficient (Wildman–Crippen LogP) is 3.87. The minimum Gasteiger partial charge on any atom is -0.308 e. The van der Waals surface area contributed by atoms with Gasteiger partial charge in [-0.1, -0.05) is 30.3 Å². The third-order valence-electron chi connectivity index (χ3n) is 3.37. The van der Waals surface area contributed by atoms with Gasteiger partial charge in [0.2, 0.25) is 0 Å². The van der Waals surface area contributed by atoms with Crippen molar-refractivity contribution in [1.82, 2.24) is 10.3 Å². The summed E-state index contributed by atoms with van der Waals surface area (Å²) >= 11 is 1.75. The average Bonchev–Trinajstić information content (AvgIpc) is 3.11. The highest BCUT2D eigenvalue weighted by atomic mass is 32.1. The van der Waals surface area contributed by atoms with E-state index in [2.05, 4.69) is 41.9 Å². The summed E-state index contributed by atoms with van der Waals surface area (Å²) in [6.45, 7) is 3.34. The first-order valence-corrected chi connectivity index (χ1v) is 7.45. The van der Waals surface area contributed by atoms with Crippen molar-refractivity contribution in [3.05, 3.63) is 40.7 Å². The lowest BCUT2D eigenvalue weighted by molar-refractivity contribution is 0.547. The van der Waals surface area contributed by atoms with E-state index in [1.165, 1.54) is 23.4 Å². The second kappa shape index (κ2) is 5.21. The fourth-order valence-electron chi connectivity index (χ4n) is 1.98. The van der Waals surface area contributed by atoms with E-state index in [4.69, 9.17) is 4.98 Å². The van der Waals surface area contributed by atoms with E-state index >= 15 is 0 Å². The third kappa shape index (κ3) is 2.79. The molecule has 3 heteroatoms. The number of benzene rings is 1. The van der Waals surface area contributed by atoms with E-state index in [9.17, 15) is 0 Å². The van der Waals surface area contributed by atoms with Gasteiger partial charge in [-0.05, 0) is 32.2 Å². The first-order chi connectivity index (χ1) is 8.83. The van der Waals surface area contributed by atoms with Crippen molar-refractivity contribution in [1.29, 1.82) is 0 Å². The molecule has 0 aliphatic heterocycles. The van der Waals surface area contributed by atoms with Crippen LogP contribution in [0.2, 0.25) is 0 Å². The van der Waals surface area contributed by atoms with Crippen LogP contribution in [0.15, 0.2) is 35.7 Å². The normalized spacial score (nSPS) is 16.7. The van der Waals surface area contributed by atoms with Gasteiger partial charge in [-0.15, -0.1) is 11.3 Å². The zero-order valence-electron chi connectivity index (χ0n) is 10.6. The number of nitrogens with zero attached hydrogens (tertiary/aromatic N) is 1. The molecule has 0 spiro atoms. The van der Waals surface area contributed by atoms with Crippen molar-refractivity contribution in [2.45, 2.75) is 25.8 Å². The highest BCUT2D eigenvalue weighted by molar-refractivity contribution is 7.10. The molecule has 1 heterocycles. The van der Waals surface area contributed by atoms with E-state index < -0.39 is 0 Å². The lowest BCUT2D eigenvalue weighted by atomic mass is 10.2. The molecule has 18 heavy (non-hydrogen) atoms. The van der Waals surface area contributed by atoms with E-state index in [0.717, 1.165) is 18.2 Å². The monoisotopic (exact) mass is 258 g/mol. The molecule has 1 unspecified atom stereocenters. The van der Waals surface area contributed by atoms with E-state index in [1.807, 2.05) is 6.07 Å². The highest BCUT2D eigenvalue weighted by Crippen LogP contribution is 2.29. The van der Waals surface area contributed by atoms with Gasteiger partial charge in [0.15, 0.2) is 0 Å². The zero-order valence-corrected chi connectivity index (χ0v) is 11.4. The van der Waals surface area contributed by atoms with Crippen molar-refractivity contribution < 1.29 is 0 Å². The Morgan fingerprint density at radius 1 is 1.33 bits per heavy atom. The van der Waals surface area contributed by atoms with Gasteiger partial charge in [-0.3, -0.25) is 0 Å². The summed E-state index contributed by atoms with van der Waals surface area (Å²) < 4.78 is 0. The first kappa shape index (κ1) is 11.9. The lowest BCUT2D eigenvalue weighted by Crippen LogP contribution is -2.20. The molecule has 2 aromatic rings. The van der Waals surface area contributed by atoms with E-state index in [-0.39, 0.29) is 0 Å². The lowest BCUT2D eigenvalue weighted by Gasteiger charge is -2.09. The van der Waals surface area contributed by atoms with Gasteiger partial charge in [-0.25, -0.2) is 4.98 Å². The Hall–Kier alpha value is -1.19. The number of rotatable bonds is 5. The van der Waals surface area contributed by atoms with E-state index in [0.29, 0.717) is 6.04 Å². The molecule has 1 atom stereocenters. The van der Waals surface area contributed by atoms with Crippen molar-refractivity contribution >= 4 is 11.3 Å². The highest BCUT2D eigenvalue weighted by Gasteiger charge is 2.22. The summed E-state index contributed by atoms with van der Waals surface area (Å²) in [6.07, 6.45) is 2.79. The second-order valence-electron chi connectivity index (χ2n) is 5.01. The maximum absolute atomic E-state index is 4.73. The van der Waals surface area contributed by atoms with Crippen LogP contribution in [-0.2, 0) is 0 Å². The van der Waals surface area contributed by atoms with Crippen LogP contribution in [0, 0.1) is 5.92 Å². The summed E-state index contributed by atoms with van der Waals surface area (Å²) in [5, 5.41) is 6.92. The first-order valence-electron chi connectivity index (χ1n) is 6.57. The SMILES string of the molecule is CC(NCC1CC1)c1nc(-c2ccccc2)cs1. The molecule has 1 aromatic heterocycles. The van der Waals surface area contributed by atoms with Crippen molar-refractivity contribution in [2.24, 2.45) is 5.92 Å². The summed E-state index contributed by atoms with van der Waals surface area (Å²) in [6, 6.07) is 10.7. The van der Waals surface area contributed by atoms with Crippen LogP contribution in [0.1, 0.15) is 30.8 Å². The number of thiazole rings is 1. The molecule has 94 valence electrons. The van der Waals surface area contributed by atoms with Gasteiger partial charge in [0, 0.05) is 10.9 Å². The Kier molecular flexibility index (Phi) is 3.43. The minimum atomic E-state index is 0.369. The number of hydrogen-bond donors (Lipinski definition) is 1. The zero-order chi connectivity index (χ0) is 12.4. The molecule has 1 fully saturated rings. The molecule has 1 N–H and O–H groups in total. The maximum Gasteiger partial charge on any atom is 0.110 e. The van der Waals surface area contributed by atoms with Gasteiger partial charge in [0.05, 0.1) is 11.7 Å². The molecule has 2 nitrogen and oxygen atoms in total. The average molecular weight is 258 g/mol. The topological polar surface area (TPSA) is 24.9 Å². The molecule has 1 aliphatic carbocycles. The Labute approximate surface area is 112 Å². The largest absolute Gasteiger partial charge is 0.308 e. The Bertz CT molecular complexity index is 502. The Balaban J connectivity index is 1.68. The summed E-state index contributed by atoms with van der Waals surface area (Å²) in [5.41, 5.74) is 2.30. The van der Waals surface area contributed by atoms with Crippen molar-refractivity contribution in [3.63, 3.8) is 0 Å². The van der Waals surface area contributed by atoms with Crippen LogP contribution in [0.5, 0.6) is 0 Å². The van der Waals surface area contributed by atoms with Crippen LogP contribution >= 0.6 is 11.3 Å². The van der Waals surface area contributed by atoms with Gasteiger partial charge in [0.1, 0.15) is 5.01 Å². The Morgan fingerprint density at radius 3 is 2.83 bits per heavy atom. The van der Waals surface area contributed by atoms with Crippen LogP contribution in [0.4, 0.5) is 0 Å². The van der Waals surface area contributed by atoms with Crippen molar-refractivity contribution in [2.75, 3.05) is 6.54 Å². The van der Waals surface area contributed by atoms with Gasteiger partial charge < -0.3 is 5.32 Å². The summed E-state index contributed by atoms with van der Waals surface area (Å²) in [5.74, 6) is 0.918. The minimum absolute atomic E-state index is 0.369. The van der Waals surface area contributed by atoms with Crippen molar-refractivity contribution in [3.8, 4) is 11.3 Å². The van der Waals surface area contributed by atoms with Crippen LogP contribution in [0.3, 0.4) is 0 Å². The van der Waals surface area contributed by atoms with E-state index in [1.54, 1.807) is 11.3 Å². The molecule has 3 rings (SSSR count).